The highest BCUT2D eigenvalue weighted by Gasteiger charge is 2.32. The average molecular weight is 422 g/mol. The van der Waals surface area contributed by atoms with Gasteiger partial charge >= 0.3 is 0 Å². The maximum atomic E-state index is 12.7. The fraction of sp³-hybridized carbons (Fsp3) is 0.560. The highest BCUT2D eigenvalue weighted by atomic mass is 16.2. The molecule has 2 aliphatic rings. The summed E-state index contributed by atoms with van der Waals surface area (Å²) in [6.45, 7) is 3.23. The smallest absolute Gasteiger partial charge is 0.223 e. The molecule has 4 rings (SSSR count). The van der Waals surface area contributed by atoms with Crippen molar-refractivity contribution in [2.75, 3.05) is 32.5 Å². The summed E-state index contributed by atoms with van der Waals surface area (Å²) in [5.74, 6) is 2.79. The van der Waals surface area contributed by atoms with Gasteiger partial charge in [0.1, 0.15) is 11.6 Å². The van der Waals surface area contributed by atoms with E-state index in [4.69, 9.17) is 9.97 Å². The molecule has 166 valence electrons. The summed E-state index contributed by atoms with van der Waals surface area (Å²) in [7, 11) is 4.06. The summed E-state index contributed by atoms with van der Waals surface area (Å²) >= 11 is 0. The van der Waals surface area contributed by atoms with Gasteiger partial charge in [-0.2, -0.15) is 0 Å². The first kappa shape index (κ1) is 21.8. The van der Waals surface area contributed by atoms with E-state index in [0.717, 1.165) is 36.3 Å². The van der Waals surface area contributed by atoms with Gasteiger partial charge in [-0.3, -0.25) is 9.69 Å². The van der Waals surface area contributed by atoms with Gasteiger partial charge in [-0.15, -0.1) is 0 Å². The number of amides is 1. The lowest BCUT2D eigenvalue weighted by Gasteiger charge is -2.26. The first-order chi connectivity index (χ1) is 15.1. The summed E-state index contributed by atoms with van der Waals surface area (Å²) in [4.78, 5) is 26.6. The zero-order chi connectivity index (χ0) is 21.6. The van der Waals surface area contributed by atoms with Crippen molar-refractivity contribution in [1.82, 2.24) is 19.8 Å². The number of aromatic nitrogens is 2. The van der Waals surface area contributed by atoms with Crippen molar-refractivity contribution in [3.8, 4) is 0 Å². The zero-order valence-corrected chi connectivity index (χ0v) is 18.9. The van der Waals surface area contributed by atoms with Crippen LogP contribution in [-0.4, -0.2) is 52.9 Å². The Labute approximate surface area is 186 Å². The Hall–Kier alpha value is -2.47. The third kappa shape index (κ3) is 5.82. The average Bonchev–Trinajstić information content (AvgIpc) is 3.15. The minimum absolute atomic E-state index is 0.119. The minimum atomic E-state index is 0.119. The molecule has 1 aliphatic heterocycles. The van der Waals surface area contributed by atoms with Gasteiger partial charge in [0.25, 0.3) is 0 Å². The van der Waals surface area contributed by atoms with Gasteiger partial charge in [0, 0.05) is 45.1 Å². The molecule has 2 fully saturated rings. The van der Waals surface area contributed by atoms with E-state index in [1.165, 1.54) is 37.7 Å². The molecule has 1 saturated heterocycles. The quantitative estimate of drug-likeness (QED) is 0.697. The molecule has 0 bridgehead atoms. The third-order valence-electron chi connectivity index (χ3n) is 6.60. The van der Waals surface area contributed by atoms with Crippen LogP contribution < -0.4 is 5.32 Å². The van der Waals surface area contributed by atoms with Crippen LogP contribution in [0, 0.1) is 5.92 Å². The Balaban J connectivity index is 1.42. The van der Waals surface area contributed by atoms with Gasteiger partial charge < -0.3 is 10.2 Å². The lowest BCUT2D eigenvalue weighted by Crippen LogP contribution is -2.28. The van der Waals surface area contributed by atoms with Gasteiger partial charge in [0.05, 0.1) is 12.2 Å². The lowest BCUT2D eigenvalue weighted by atomic mass is 9.89. The molecule has 1 amide bonds. The Bertz CT molecular complexity index is 865. The van der Waals surface area contributed by atoms with Crippen molar-refractivity contribution in [3.63, 3.8) is 0 Å². The number of carbonyl (C=O) groups is 1. The van der Waals surface area contributed by atoms with Crippen molar-refractivity contribution in [1.29, 1.82) is 0 Å². The number of carbonyl (C=O) groups excluding carboxylic acids is 1. The molecular formula is C25H35N5O. The van der Waals surface area contributed by atoms with Crippen LogP contribution >= 0.6 is 0 Å². The standard InChI is InChI=1S/C25H35N5O/c1-26-23-14-22(21-13-25(31)30(17-21)16-20-11-7-4-8-12-20)27-24(28-23)18-29(2)15-19-9-5-3-6-10-19/h4,7-8,11-12,14,19,21H,3,5-6,9-10,13,15-18H2,1-2H3,(H,26,27,28)/t21-/m1/s1. The second kappa shape index (κ2) is 10.2. The maximum absolute atomic E-state index is 12.7. The Kier molecular flexibility index (Phi) is 7.17. The summed E-state index contributed by atoms with van der Waals surface area (Å²) in [5.41, 5.74) is 2.14. The van der Waals surface area contributed by atoms with Crippen molar-refractivity contribution in [3.05, 3.63) is 53.5 Å². The Morgan fingerprint density at radius 3 is 2.65 bits per heavy atom. The highest BCUT2D eigenvalue weighted by Crippen LogP contribution is 2.29. The number of nitrogens with zero attached hydrogens (tertiary/aromatic N) is 4. The summed E-state index contributed by atoms with van der Waals surface area (Å²) in [6, 6.07) is 12.2. The fourth-order valence-electron chi connectivity index (χ4n) is 4.97. The molecule has 0 spiro atoms. The molecule has 1 N–H and O–H groups in total. The van der Waals surface area contributed by atoms with E-state index >= 15 is 0 Å². The molecule has 2 aromatic rings. The molecule has 6 nitrogen and oxygen atoms in total. The van der Waals surface area contributed by atoms with Crippen LogP contribution in [0.15, 0.2) is 36.4 Å². The molecule has 2 heterocycles. The third-order valence-corrected chi connectivity index (χ3v) is 6.60. The number of hydrogen-bond donors (Lipinski definition) is 1. The molecule has 1 saturated carbocycles. The van der Waals surface area contributed by atoms with Gasteiger partial charge in [0.15, 0.2) is 0 Å². The normalized spacial score (nSPS) is 19.9. The number of likely N-dealkylation sites (tertiary alicyclic amines) is 1. The molecule has 1 aromatic heterocycles. The summed E-state index contributed by atoms with van der Waals surface area (Å²) < 4.78 is 0. The van der Waals surface area contributed by atoms with Crippen LogP contribution in [0.3, 0.4) is 0 Å². The number of benzene rings is 1. The van der Waals surface area contributed by atoms with Crippen LogP contribution in [0.5, 0.6) is 0 Å². The molecule has 0 unspecified atom stereocenters. The van der Waals surface area contributed by atoms with Gasteiger partial charge in [-0.05, 0) is 31.4 Å². The number of hydrogen-bond acceptors (Lipinski definition) is 5. The van der Waals surface area contributed by atoms with Gasteiger partial charge in [-0.25, -0.2) is 9.97 Å². The fourth-order valence-corrected chi connectivity index (χ4v) is 4.97. The second-order valence-electron chi connectivity index (χ2n) is 9.21. The van der Waals surface area contributed by atoms with E-state index in [1.54, 1.807) is 0 Å². The Morgan fingerprint density at radius 2 is 1.90 bits per heavy atom. The van der Waals surface area contributed by atoms with Crippen LogP contribution in [-0.2, 0) is 17.9 Å². The number of anilines is 1. The predicted molar refractivity (Wildman–Crippen MR) is 124 cm³/mol. The summed E-state index contributed by atoms with van der Waals surface area (Å²) in [6.07, 6.45) is 7.32. The van der Waals surface area contributed by atoms with E-state index in [-0.39, 0.29) is 11.8 Å². The monoisotopic (exact) mass is 421 g/mol. The summed E-state index contributed by atoms with van der Waals surface area (Å²) in [5, 5.41) is 3.18. The molecule has 1 aromatic carbocycles. The first-order valence-corrected chi connectivity index (χ1v) is 11.7. The maximum Gasteiger partial charge on any atom is 0.223 e. The van der Waals surface area contributed by atoms with Crippen LogP contribution in [0.2, 0.25) is 0 Å². The van der Waals surface area contributed by atoms with Crippen molar-refractivity contribution in [2.45, 2.75) is 57.5 Å². The lowest BCUT2D eigenvalue weighted by molar-refractivity contribution is -0.128. The van der Waals surface area contributed by atoms with E-state index in [2.05, 4.69) is 29.4 Å². The molecule has 1 aliphatic carbocycles. The van der Waals surface area contributed by atoms with E-state index in [0.29, 0.717) is 19.5 Å². The number of nitrogens with one attached hydrogen (secondary N) is 1. The molecular weight excluding hydrogens is 386 g/mol. The molecule has 0 radical (unpaired) electrons. The Morgan fingerprint density at radius 1 is 1.13 bits per heavy atom. The van der Waals surface area contributed by atoms with Crippen LogP contribution in [0.25, 0.3) is 0 Å². The zero-order valence-electron chi connectivity index (χ0n) is 18.9. The van der Waals surface area contributed by atoms with Crippen molar-refractivity contribution < 1.29 is 4.79 Å². The minimum Gasteiger partial charge on any atom is -0.373 e. The molecule has 31 heavy (non-hydrogen) atoms. The second-order valence-corrected chi connectivity index (χ2v) is 9.21. The van der Waals surface area contributed by atoms with Crippen LogP contribution in [0.4, 0.5) is 5.82 Å². The van der Waals surface area contributed by atoms with Crippen molar-refractivity contribution >= 4 is 11.7 Å². The largest absolute Gasteiger partial charge is 0.373 e. The highest BCUT2D eigenvalue weighted by molar-refractivity contribution is 5.79. The molecule has 6 heteroatoms. The first-order valence-electron chi connectivity index (χ1n) is 11.7. The molecule has 1 atom stereocenters. The predicted octanol–water partition coefficient (Wildman–Crippen LogP) is 4.05. The number of rotatable bonds is 8. The van der Waals surface area contributed by atoms with Gasteiger partial charge in [0.2, 0.25) is 5.91 Å². The van der Waals surface area contributed by atoms with Gasteiger partial charge in [-0.1, -0.05) is 49.6 Å². The van der Waals surface area contributed by atoms with E-state index in [1.807, 2.05) is 36.2 Å². The van der Waals surface area contributed by atoms with Crippen molar-refractivity contribution in [2.24, 2.45) is 5.92 Å². The SMILES string of the molecule is CNc1cc([C@@H]2CC(=O)N(Cc3ccccc3)C2)nc(CN(C)CC2CCCCC2)n1. The topological polar surface area (TPSA) is 61.4 Å². The van der Waals surface area contributed by atoms with E-state index < -0.39 is 0 Å². The van der Waals surface area contributed by atoms with Crippen LogP contribution in [0.1, 0.15) is 61.5 Å². The van der Waals surface area contributed by atoms with E-state index in [9.17, 15) is 4.79 Å².